The van der Waals surface area contributed by atoms with Gasteiger partial charge in [-0.2, -0.15) is 5.26 Å². The number of carbonyl (C=O) groups excluding carboxylic acids is 2. The molecule has 4 rings (SSSR count). The maximum absolute atomic E-state index is 13.3. The SMILES string of the molecule is COc1ccc(-c2ccc(C(=O)N(CC(=O)NC3(C#N)CC3)Cc3ccccc3)cc2)cc1. The number of carbonyl (C=O) groups is 2. The predicted molar refractivity (Wildman–Crippen MR) is 125 cm³/mol. The summed E-state index contributed by atoms with van der Waals surface area (Å²) in [7, 11) is 1.63. The van der Waals surface area contributed by atoms with Gasteiger partial charge in [0.05, 0.1) is 13.2 Å². The fourth-order valence-electron chi connectivity index (χ4n) is 3.64. The van der Waals surface area contributed by atoms with Crippen LogP contribution in [-0.4, -0.2) is 35.9 Å². The molecule has 0 radical (unpaired) electrons. The van der Waals surface area contributed by atoms with Gasteiger partial charge in [-0.3, -0.25) is 9.59 Å². The van der Waals surface area contributed by atoms with Crippen LogP contribution < -0.4 is 10.1 Å². The summed E-state index contributed by atoms with van der Waals surface area (Å²) >= 11 is 0. The lowest BCUT2D eigenvalue weighted by atomic mass is 10.0. The van der Waals surface area contributed by atoms with Gasteiger partial charge in [-0.15, -0.1) is 0 Å². The zero-order chi connectivity index (χ0) is 23.3. The van der Waals surface area contributed by atoms with Gasteiger partial charge in [0, 0.05) is 12.1 Å². The monoisotopic (exact) mass is 439 g/mol. The standard InChI is InChI=1S/C27H25N3O3/c1-33-24-13-11-22(12-14-24)21-7-9-23(10-8-21)26(32)30(17-20-5-3-2-4-6-20)18-25(31)29-27(19-28)15-16-27/h2-14H,15-18H2,1H3,(H,29,31). The minimum atomic E-state index is -0.765. The average molecular weight is 440 g/mol. The van der Waals surface area contributed by atoms with E-state index in [-0.39, 0.29) is 18.4 Å². The summed E-state index contributed by atoms with van der Waals surface area (Å²) in [5, 5.41) is 12.0. The lowest BCUT2D eigenvalue weighted by Gasteiger charge is -2.23. The summed E-state index contributed by atoms with van der Waals surface area (Å²) in [5.74, 6) is 0.218. The largest absolute Gasteiger partial charge is 0.497 e. The number of nitriles is 1. The molecule has 3 aromatic carbocycles. The molecule has 6 nitrogen and oxygen atoms in total. The van der Waals surface area contributed by atoms with E-state index in [0.717, 1.165) is 22.4 Å². The highest BCUT2D eigenvalue weighted by Crippen LogP contribution is 2.34. The first-order valence-electron chi connectivity index (χ1n) is 10.8. The van der Waals surface area contributed by atoms with Gasteiger partial charge in [-0.1, -0.05) is 54.6 Å². The third-order valence-corrected chi connectivity index (χ3v) is 5.74. The molecule has 0 unspecified atom stereocenters. The van der Waals surface area contributed by atoms with Gasteiger partial charge in [0.25, 0.3) is 5.91 Å². The van der Waals surface area contributed by atoms with E-state index in [4.69, 9.17) is 4.74 Å². The zero-order valence-electron chi connectivity index (χ0n) is 18.5. The van der Waals surface area contributed by atoms with Crippen LogP contribution in [0, 0.1) is 11.3 Å². The van der Waals surface area contributed by atoms with E-state index in [9.17, 15) is 14.9 Å². The number of methoxy groups -OCH3 is 1. The van der Waals surface area contributed by atoms with Crippen molar-refractivity contribution >= 4 is 11.8 Å². The summed E-state index contributed by atoms with van der Waals surface area (Å²) in [6.07, 6.45) is 1.30. The van der Waals surface area contributed by atoms with Crippen LogP contribution in [0.5, 0.6) is 5.75 Å². The Labute approximate surface area is 193 Å². The molecular formula is C27H25N3O3. The zero-order valence-corrected chi connectivity index (χ0v) is 18.5. The molecule has 0 atom stereocenters. The van der Waals surface area contributed by atoms with Crippen LogP contribution >= 0.6 is 0 Å². The van der Waals surface area contributed by atoms with Gasteiger partial charge in [-0.25, -0.2) is 0 Å². The van der Waals surface area contributed by atoms with Crippen molar-refractivity contribution in [1.82, 2.24) is 10.2 Å². The minimum absolute atomic E-state index is 0.114. The Morgan fingerprint density at radius 3 is 2.12 bits per heavy atom. The first-order chi connectivity index (χ1) is 16.0. The second kappa shape index (κ2) is 9.58. The number of nitrogens with one attached hydrogen (secondary N) is 1. The van der Waals surface area contributed by atoms with Gasteiger partial charge < -0.3 is 15.0 Å². The molecule has 1 saturated carbocycles. The topological polar surface area (TPSA) is 82.4 Å². The van der Waals surface area contributed by atoms with E-state index in [1.165, 1.54) is 4.90 Å². The molecule has 3 aromatic rings. The highest BCUT2D eigenvalue weighted by Gasteiger charge is 2.44. The molecule has 0 heterocycles. The summed E-state index contributed by atoms with van der Waals surface area (Å²) in [6, 6.07) is 26.7. The summed E-state index contributed by atoms with van der Waals surface area (Å²) in [5.41, 5.74) is 2.65. The number of hydrogen-bond acceptors (Lipinski definition) is 4. The van der Waals surface area contributed by atoms with Gasteiger partial charge in [0.15, 0.2) is 0 Å². The molecule has 1 N–H and O–H groups in total. The molecule has 1 aliphatic carbocycles. The van der Waals surface area contributed by atoms with Crippen molar-refractivity contribution in [2.75, 3.05) is 13.7 Å². The van der Waals surface area contributed by atoms with E-state index >= 15 is 0 Å². The summed E-state index contributed by atoms with van der Waals surface area (Å²) in [6.45, 7) is 0.185. The van der Waals surface area contributed by atoms with E-state index in [0.29, 0.717) is 24.9 Å². The molecule has 0 bridgehead atoms. The first-order valence-corrected chi connectivity index (χ1v) is 10.8. The molecule has 1 aliphatic rings. The Bertz CT molecular complexity index is 1160. The lowest BCUT2D eigenvalue weighted by Crippen LogP contribution is -2.44. The second-order valence-electron chi connectivity index (χ2n) is 8.19. The van der Waals surface area contributed by atoms with Crippen LogP contribution in [0.2, 0.25) is 0 Å². The van der Waals surface area contributed by atoms with Crippen molar-refractivity contribution in [3.63, 3.8) is 0 Å². The molecule has 166 valence electrons. The molecule has 0 saturated heterocycles. The maximum atomic E-state index is 13.3. The predicted octanol–water partition coefficient (Wildman–Crippen LogP) is 4.18. The smallest absolute Gasteiger partial charge is 0.254 e. The van der Waals surface area contributed by atoms with E-state index in [1.54, 1.807) is 19.2 Å². The van der Waals surface area contributed by atoms with Gasteiger partial charge >= 0.3 is 0 Å². The number of hydrogen-bond donors (Lipinski definition) is 1. The molecule has 0 aliphatic heterocycles. The van der Waals surface area contributed by atoms with Crippen LogP contribution in [-0.2, 0) is 11.3 Å². The Kier molecular flexibility index (Phi) is 6.41. The van der Waals surface area contributed by atoms with E-state index in [1.807, 2.05) is 66.7 Å². The molecule has 6 heteroatoms. The molecule has 0 aromatic heterocycles. The second-order valence-corrected chi connectivity index (χ2v) is 8.19. The number of amides is 2. The van der Waals surface area contributed by atoms with Gasteiger partial charge in [0.1, 0.15) is 17.8 Å². The summed E-state index contributed by atoms with van der Waals surface area (Å²) in [4.78, 5) is 27.5. The van der Waals surface area contributed by atoms with Crippen molar-refractivity contribution in [3.8, 4) is 22.9 Å². The van der Waals surface area contributed by atoms with Crippen molar-refractivity contribution < 1.29 is 14.3 Å². The number of ether oxygens (including phenoxy) is 1. The Balaban J connectivity index is 1.51. The van der Waals surface area contributed by atoms with Crippen LogP contribution in [0.25, 0.3) is 11.1 Å². The fraction of sp³-hybridized carbons (Fsp3) is 0.222. The van der Waals surface area contributed by atoms with Crippen LogP contribution in [0.1, 0.15) is 28.8 Å². The molecule has 0 spiro atoms. The van der Waals surface area contributed by atoms with Crippen molar-refractivity contribution in [2.45, 2.75) is 24.9 Å². The van der Waals surface area contributed by atoms with Crippen LogP contribution in [0.15, 0.2) is 78.9 Å². The van der Waals surface area contributed by atoms with Crippen molar-refractivity contribution in [2.24, 2.45) is 0 Å². The molecular weight excluding hydrogens is 414 g/mol. The highest BCUT2D eigenvalue weighted by molar-refractivity contribution is 5.97. The van der Waals surface area contributed by atoms with Gasteiger partial charge in [0.2, 0.25) is 5.91 Å². The first kappa shape index (κ1) is 22.1. The third-order valence-electron chi connectivity index (χ3n) is 5.74. The average Bonchev–Trinajstić information content (AvgIpc) is 3.63. The lowest BCUT2D eigenvalue weighted by molar-refractivity contribution is -0.122. The minimum Gasteiger partial charge on any atom is -0.497 e. The maximum Gasteiger partial charge on any atom is 0.254 e. The van der Waals surface area contributed by atoms with Crippen molar-refractivity contribution in [1.29, 1.82) is 5.26 Å². The van der Waals surface area contributed by atoms with Crippen LogP contribution in [0.4, 0.5) is 0 Å². The molecule has 33 heavy (non-hydrogen) atoms. The fourth-order valence-corrected chi connectivity index (χ4v) is 3.64. The summed E-state index contributed by atoms with van der Waals surface area (Å²) < 4.78 is 5.20. The van der Waals surface area contributed by atoms with E-state index < -0.39 is 5.54 Å². The Morgan fingerprint density at radius 1 is 0.970 bits per heavy atom. The van der Waals surface area contributed by atoms with Crippen LogP contribution in [0.3, 0.4) is 0 Å². The normalized spacial score (nSPS) is 13.5. The molecule has 1 fully saturated rings. The number of nitrogens with zero attached hydrogens (tertiary/aromatic N) is 2. The Morgan fingerprint density at radius 2 is 1.58 bits per heavy atom. The Hall–Kier alpha value is -4.11. The highest BCUT2D eigenvalue weighted by atomic mass is 16.5. The van der Waals surface area contributed by atoms with Crippen molar-refractivity contribution in [3.05, 3.63) is 90.0 Å². The number of benzene rings is 3. The third kappa shape index (κ3) is 5.39. The molecule has 2 amide bonds. The number of rotatable bonds is 8. The van der Waals surface area contributed by atoms with Gasteiger partial charge in [-0.05, 0) is 53.8 Å². The van der Waals surface area contributed by atoms with E-state index in [2.05, 4.69) is 11.4 Å². The quantitative estimate of drug-likeness (QED) is 0.571.